The number of hydrogen-bond acceptors (Lipinski definition) is 5. The molecule has 1 aromatic heterocycles. The zero-order valence-corrected chi connectivity index (χ0v) is 14.8. The molecule has 0 aromatic carbocycles. The van der Waals surface area contributed by atoms with Gasteiger partial charge in [-0.15, -0.1) is 0 Å². The van der Waals surface area contributed by atoms with Gasteiger partial charge in [-0.05, 0) is 18.6 Å². The van der Waals surface area contributed by atoms with Gasteiger partial charge in [0.2, 0.25) is 11.8 Å². The highest BCUT2D eigenvalue weighted by molar-refractivity contribution is 5.91. The van der Waals surface area contributed by atoms with Crippen molar-refractivity contribution in [2.24, 2.45) is 0 Å². The number of ether oxygens (including phenoxy) is 1. The third kappa shape index (κ3) is 5.32. The van der Waals surface area contributed by atoms with Crippen molar-refractivity contribution in [2.45, 2.75) is 13.3 Å². The maximum Gasteiger partial charge on any atom is 0.289 e. The van der Waals surface area contributed by atoms with Crippen LogP contribution in [0.1, 0.15) is 23.9 Å². The second kappa shape index (κ2) is 9.22. The van der Waals surface area contributed by atoms with Crippen molar-refractivity contribution < 1.29 is 23.5 Å². The first kappa shape index (κ1) is 19.0. The van der Waals surface area contributed by atoms with E-state index in [2.05, 4.69) is 0 Å². The lowest BCUT2D eigenvalue weighted by Crippen LogP contribution is -2.53. The van der Waals surface area contributed by atoms with E-state index in [-0.39, 0.29) is 24.3 Å². The molecule has 0 radical (unpaired) electrons. The highest BCUT2D eigenvalue weighted by atomic mass is 16.5. The first-order valence-corrected chi connectivity index (χ1v) is 8.38. The summed E-state index contributed by atoms with van der Waals surface area (Å²) in [5.74, 6) is -0.0866. The van der Waals surface area contributed by atoms with Gasteiger partial charge in [-0.1, -0.05) is 0 Å². The number of piperazine rings is 1. The fourth-order valence-corrected chi connectivity index (χ4v) is 2.73. The topological polar surface area (TPSA) is 83.3 Å². The Labute approximate surface area is 147 Å². The van der Waals surface area contributed by atoms with E-state index in [0.717, 1.165) is 0 Å². The Morgan fingerprint density at radius 1 is 1.20 bits per heavy atom. The monoisotopic (exact) mass is 351 g/mol. The Balaban J connectivity index is 1.81. The van der Waals surface area contributed by atoms with Crippen LogP contribution >= 0.6 is 0 Å². The zero-order chi connectivity index (χ0) is 18.2. The van der Waals surface area contributed by atoms with Crippen molar-refractivity contribution in [3.8, 4) is 0 Å². The van der Waals surface area contributed by atoms with Gasteiger partial charge in [0.1, 0.15) is 0 Å². The van der Waals surface area contributed by atoms with Crippen molar-refractivity contribution in [3.05, 3.63) is 24.2 Å². The fraction of sp³-hybridized carbons (Fsp3) is 0.588. The van der Waals surface area contributed by atoms with Crippen LogP contribution in [0.3, 0.4) is 0 Å². The molecule has 8 heteroatoms. The van der Waals surface area contributed by atoms with Crippen LogP contribution in [0.4, 0.5) is 0 Å². The van der Waals surface area contributed by atoms with E-state index < -0.39 is 0 Å². The largest absolute Gasteiger partial charge is 0.459 e. The highest BCUT2D eigenvalue weighted by Gasteiger charge is 2.27. The van der Waals surface area contributed by atoms with E-state index in [9.17, 15) is 14.4 Å². The summed E-state index contributed by atoms with van der Waals surface area (Å²) in [6.45, 7) is 4.37. The minimum absolute atomic E-state index is 0.0607. The van der Waals surface area contributed by atoms with Crippen molar-refractivity contribution in [1.82, 2.24) is 14.7 Å². The third-order valence-electron chi connectivity index (χ3n) is 4.20. The van der Waals surface area contributed by atoms with Gasteiger partial charge in [0.25, 0.3) is 5.91 Å². The lowest BCUT2D eigenvalue weighted by molar-refractivity contribution is -0.140. The van der Waals surface area contributed by atoms with Gasteiger partial charge in [-0.25, -0.2) is 0 Å². The normalized spacial score (nSPS) is 14.5. The minimum Gasteiger partial charge on any atom is -0.459 e. The first-order valence-electron chi connectivity index (χ1n) is 8.38. The number of rotatable bonds is 7. The van der Waals surface area contributed by atoms with Gasteiger partial charge in [-0.2, -0.15) is 0 Å². The van der Waals surface area contributed by atoms with Crippen molar-refractivity contribution in [2.75, 3.05) is 53.0 Å². The van der Waals surface area contributed by atoms with Crippen molar-refractivity contribution in [1.29, 1.82) is 0 Å². The molecule has 0 aliphatic carbocycles. The molecule has 0 atom stereocenters. The number of carbonyl (C=O) groups is 3. The quantitative estimate of drug-likeness (QED) is 0.666. The first-order chi connectivity index (χ1) is 12.0. The molecule has 1 aliphatic heterocycles. The van der Waals surface area contributed by atoms with Gasteiger partial charge in [0.15, 0.2) is 5.76 Å². The third-order valence-corrected chi connectivity index (χ3v) is 4.20. The second-order valence-electron chi connectivity index (χ2n) is 5.94. The van der Waals surface area contributed by atoms with E-state index in [1.165, 1.54) is 18.1 Å². The number of nitrogens with zero attached hydrogens (tertiary/aromatic N) is 3. The summed E-state index contributed by atoms with van der Waals surface area (Å²) in [5.41, 5.74) is 0. The van der Waals surface area contributed by atoms with Crippen LogP contribution in [-0.4, -0.2) is 85.4 Å². The van der Waals surface area contributed by atoms with Crippen LogP contribution in [0, 0.1) is 0 Å². The van der Waals surface area contributed by atoms with E-state index in [0.29, 0.717) is 51.5 Å². The smallest absolute Gasteiger partial charge is 0.289 e. The van der Waals surface area contributed by atoms with Crippen LogP contribution < -0.4 is 0 Å². The maximum atomic E-state index is 12.4. The standard InChI is InChI=1S/C17H25N3O5/c1-14(21)20(6-4-11-24-2)13-16(22)18-7-9-19(10-8-18)17(23)15-5-3-12-25-15/h3,5,12H,4,6-11,13H2,1-2H3. The van der Waals surface area contributed by atoms with Crippen molar-refractivity contribution >= 4 is 17.7 Å². The molecule has 1 aliphatic rings. The Morgan fingerprint density at radius 2 is 1.88 bits per heavy atom. The minimum atomic E-state index is -0.165. The molecule has 0 saturated carbocycles. The summed E-state index contributed by atoms with van der Waals surface area (Å²) in [5, 5.41) is 0. The molecule has 8 nitrogen and oxygen atoms in total. The second-order valence-corrected chi connectivity index (χ2v) is 5.94. The summed E-state index contributed by atoms with van der Waals surface area (Å²) in [6, 6.07) is 3.30. The molecule has 25 heavy (non-hydrogen) atoms. The number of amides is 3. The van der Waals surface area contributed by atoms with Gasteiger partial charge in [0, 0.05) is 53.4 Å². The van der Waals surface area contributed by atoms with E-state index in [1.807, 2.05) is 0 Å². The molecule has 2 rings (SSSR count). The van der Waals surface area contributed by atoms with Gasteiger partial charge in [0.05, 0.1) is 12.8 Å². The molecular weight excluding hydrogens is 326 g/mol. The Hall–Kier alpha value is -2.35. The predicted octanol–water partition coefficient (Wildman–Crippen LogP) is 0.449. The predicted molar refractivity (Wildman–Crippen MR) is 89.9 cm³/mol. The molecule has 138 valence electrons. The Bertz CT molecular complexity index is 579. The lowest BCUT2D eigenvalue weighted by Gasteiger charge is -2.35. The zero-order valence-electron chi connectivity index (χ0n) is 14.8. The average molecular weight is 351 g/mol. The van der Waals surface area contributed by atoms with Crippen LogP contribution in [0.5, 0.6) is 0 Å². The van der Waals surface area contributed by atoms with Crippen LogP contribution in [-0.2, 0) is 14.3 Å². The molecule has 0 spiro atoms. The van der Waals surface area contributed by atoms with E-state index >= 15 is 0 Å². The van der Waals surface area contributed by atoms with Crippen molar-refractivity contribution in [3.63, 3.8) is 0 Å². The molecule has 1 fully saturated rings. The molecule has 0 N–H and O–H groups in total. The molecule has 2 heterocycles. The summed E-state index contributed by atoms with van der Waals surface area (Å²) in [6.07, 6.45) is 2.15. The molecular formula is C17H25N3O5. The van der Waals surface area contributed by atoms with Gasteiger partial charge in [-0.3, -0.25) is 14.4 Å². The lowest BCUT2D eigenvalue weighted by atomic mass is 10.2. The van der Waals surface area contributed by atoms with Gasteiger partial charge >= 0.3 is 0 Å². The molecule has 0 unspecified atom stereocenters. The van der Waals surface area contributed by atoms with Crippen LogP contribution in [0.25, 0.3) is 0 Å². The molecule has 1 saturated heterocycles. The number of methoxy groups -OCH3 is 1. The number of hydrogen-bond donors (Lipinski definition) is 0. The summed E-state index contributed by atoms with van der Waals surface area (Å²) >= 11 is 0. The Morgan fingerprint density at radius 3 is 2.44 bits per heavy atom. The Kier molecular flexibility index (Phi) is 7.00. The average Bonchev–Trinajstić information content (AvgIpc) is 3.15. The molecule has 1 aromatic rings. The SMILES string of the molecule is COCCCN(CC(=O)N1CCN(C(=O)c2ccco2)CC1)C(C)=O. The van der Waals surface area contributed by atoms with Gasteiger partial charge < -0.3 is 23.9 Å². The van der Waals surface area contributed by atoms with E-state index in [1.54, 1.807) is 29.0 Å². The maximum absolute atomic E-state index is 12.4. The highest BCUT2D eigenvalue weighted by Crippen LogP contribution is 2.10. The fourth-order valence-electron chi connectivity index (χ4n) is 2.73. The van der Waals surface area contributed by atoms with Crippen LogP contribution in [0.15, 0.2) is 22.8 Å². The van der Waals surface area contributed by atoms with Crippen LogP contribution in [0.2, 0.25) is 0 Å². The number of carbonyl (C=O) groups excluding carboxylic acids is 3. The molecule has 0 bridgehead atoms. The summed E-state index contributed by atoms with van der Waals surface area (Å²) < 4.78 is 10.1. The number of furan rings is 1. The summed E-state index contributed by atoms with van der Waals surface area (Å²) in [7, 11) is 1.60. The summed E-state index contributed by atoms with van der Waals surface area (Å²) in [4.78, 5) is 41.2. The van der Waals surface area contributed by atoms with E-state index in [4.69, 9.17) is 9.15 Å². The molecule has 3 amide bonds.